The van der Waals surface area contributed by atoms with E-state index >= 15 is 0 Å². The van der Waals surface area contributed by atoms with Crippen molar-refractivity contribution in [1.82, 2.24) is 30.0 Å². The SMILES string of the molecule is CNC(=O)Oc1nnc2n1CCN(Cc1ccc([C@H]3COc4cccnc4O3)cc1)C2. The quantitative estimate of drug-likeness (QED) is 0.680. The smallest absolute Gasteiger partial charge is 0.414 e. The van der Waals surface area contributed by atoms with Crippen LogP contribution in [0.2, 0.25) is 0 Å². The topological polar surface area (TPSA) is 104 Å². The van der Waals surface area contributed by atoms with Crippen LogP contribution in [0.25, 0.3) is 0 Å². The number of nitrogens with one attached hydrogen (secondary N) is 1. The van der Waals surface area contributed by atoms with Crippen molar-refractivity contribution in [2.75, 3.05) is 20.2 Å². The van der Waals surface area contributed by atoms with Crippen LogP contribution in [0.15, 0.2) is 42.6 Å². The van der Waals surface area contributed by atoms with Crippen molar-refractivity contribution in [2.45, 2.75) is 25.7 Å². The van der Waals surface area contributed by atoms with Gasteiger partial charge >= 0.3 is 12.1 Å². The number of carbonyl (C=O) groups is 1. The number of amides is 1. The van der Waals surface area contributed by atoms with E-state index in [-0.39, 0.29) is 12.1 Å². The zero-order valence-electron chi connectivity index (χ0n) is 17.0. The minimum absolute atomic E-state index is 0.177. The van der Waals surface area contributed by atoms with Crippen LogP contribution in [0.1, 0.15) is 23.1 Å². The zero-order valence-corrected chi connectivity index (χ0v) is 17.0. The Kier molecular flexibility index (Phi) is 5.13. The maximum absolute atomic E-state index is 11.4. The van der Waals surface area contributed by atoms with Crippen molar-refractivity contribution < 1.29 is 19.0 Å². The van der Waals surface area contributed by atoms with Gasteiger partial charge in [0.25, 0.3) is 5.88 Å². The van der Waals surface area contributed by atoms with Gasteiger partial charge in [0.1, 0.15) is 12.4 Å². The molecule has 2 aromatic heterocycles. The molecule has 10 nitrogen and oxygen atoms in total. The predicted molar refractivity (Wildman–Crippen MR) is 109 cm³/mol. The van der Waals surface area contributed by atoms with Gasteiger partial charge in [0.05, 0.1) is 6.54 Å². The van der Waals surface area contributed by atoms with E-state index in [0.29, 0.717) is 31.3 Å². The molecule has 0 spiro atoms. The van der Waals surface area contributed by atoms with Crippen LogP contribution < -0.4 is 19.5 Å². The van der Waals surface area contributed by atoms with Crippen LogP contribution in [0.3, 0.4) is 0 Å². The third-order valence-electron chi connectivity index (χ3n) is 5.32. The number of carbonyl (C=O) groups excluding carboxylic acids is 1. The Balaban J connectivity index is 1.21. The van der Waals surface area contributed by atoms with Gasteiger partial charge in [0.15, 0.2) is 11.9 Å². The molecule has 4 heterocycles. The van der Waals surface area contributed by atoms with Crippen LogP contribution in [-0.4, -0.2) is 50.9 Å². The summed E-state index contributed by atoms with van der Waals surface area (Å²) >= 11 is 0. The van der Waals surface area contributed by atoms with Gasteiger partial charge in [-0.2, -0.15) is 0 Å². The molecule has 3 aromatic rings. The van der Waals surface area contributed by atoms with Gasteiger partial charge < -0.3 is 19.5 Å². The van der Waals surface area contributed by atoms with Crippen LogP contribution in [0.5, 0.6) is 17.6 Å². The molecule has 0 radical (unpaired) electrons. The standard InChI is InChI=1S/C21H22N6O4/c1-22-21(28)31-20-25-24-18-12-26(9-10-27(18)20)11-14-4-6-15(7-5-14)17-13-29-16-3-2-8-23-19(16)30-17/h2-8,17H,9-13H2,1H3,(H,22,28)/t17-/m1/s1. The molecule has 1 N–H and O–H groups in total. The Morgan fingerprint density at radius 2 is 2.10 bits per heavy atom. The maximum atomic E-state index is 11.4. The number of pyridine rings is 1. The number of fused-ring (bicyclic) bond motifs is 2. The molecule has 160 valence electrons. The van der Waals surface area contributed by atoms with Gasteiger partial charge in [-0.15, -0.1) is 5.10 Å². The molecule has 0 fully saturated rings. The highest BCUT2D eigenvalue weighted by atomic mass is 16.6. The molecule has 10 heteroatoms. The largest absolute Gasteiger partial charge is 0.484 e. The first-order valence-corrected chi connectivity index (χ1v) is 10.1. The fourth-order valence-corrected chi connectivity index (χ4v) is 3.69. The summed E-state index contributed by atoms with van der Waals surface area (Å²) in [5.74, 6) is 1.98. The average Bonchev–Trinajstić information content (AvgIpc) is 3.21. The van der Waals surface area contributed by atoms with Crippen LogP contribution in [0.4, 0.5) is 4.79 Å². The first kappa shape index (κ1) is 19.3. The number of hydrogen-bond acceptors (Lipinski definition) is 8. The number of aromatic nitrogens is 4. The molecule has 1 amide bonds. The van der Waals surface area contributed by atoms with E-state index < -0.39 is 6.09 Å². The molecule has 0 saturated carbocycles. The van der Waals surface area contributed by atoms with Crippen molar-refractivity contribution in [3.8, 4) is 17.6 Å². The Morgan fingerprint density at radius 3 is 2.94 bits per heavy atom. The van der Waals surface area contributed by atoms with Crippen molar-refractivity contribution in [2.24, 2.45) is 0 Å². The second-order valence-electron chi connectivity index (χ2n) is 7.37. The molecule has 0 aliphatic carbocycles. The molecule has 2 aliphatic rings. The Morgan fingerprint density at radius 1 is 1.23 bits per heavy atom. The summed E-state index contributed by atoms with van der Waals surface area (Å²) in [6.07, 6.45) is 0.967. The summed E-state index contributed by atoms with van der Waals surface area (Å²) < 4.78 is 18.7. The molecule has 5 rings (SSSR count). The van der Waals surface area contributed by atoms with Crippen molar-refractivity contribution in [3.05, 3.63) is 59.5 Å². The lowest BCUT2D eigenvalue weighted by Gasteiger charge is -2.28. The maximum Gasteiger partial charge on any atom is 0.414 e. The fraction of sp³-hybridized carbons (Fsp3) is 0.333. The second-order valence-corrected chi connectivity index (χ2v) is 7.37. The molecule has 0 bridgehead atoms. The van der Waals surface area contributed by atoms with Gasteiger partial charge in [0.2, 0.25) is 0 Å². The zero-order chi connectivity index (χ0) is 21.2. The van der Waals surface area contributed by atoms with E-state index in [1.165, 1.54) is 12.6 Å². The highest BCUT2D eigenvalue weighted by Crippen LogP contribution is 2.34. The monoisotopic (exact) mass is 422 g/mol. The minimum Gasteiger partial charge on any atom is -0.484 e. The van der Waals surface area contributed by atoms with E-state index in [0.717, 1.165) is 24.5 Å². The molecule has 0 unspecified atom stereocenters. The summed E-state index contributed by atoms with van der Waals surface area (Å²) in [6.45, 7) is 3.34. The van der Waals surface area contributed by atoms with Gasteiger partial charge in [0, 0.05) is 32.9 Å². The lowest BCUT2D eigenvalue weighted by molar-refractivity contribution is 0.0850. The lowest BCUT2D eigenvalue weighted by atomic mass is 10.1. The number of nitrogens with zero attached hydrogens (tertiary/aromatic N) is 5. The van der Waals surface area contributed by atoms with Crippen molar-refractivity contribution in [1.29, 1.82) is 0 Å². The Labute approximate surface area is 178 Å². The molecule has 1 aromatic carbocycles. The third kappa shape index (κ3) is 4.02. The fourth-order valence-electron chi connectivity index (χ4n) is 3.69. The number of benzene rings is 1. The van der Waals surface area contributed by atoms with Crippen LogP contribution in [-0.2, 0) is 19.6 Å². The second kappa shape index (κ2) is 8.23. The summed E-state index contributed by atoms with van der Waals surface area (Å²) in [5.41, 5.74) is 2.24. The highest BCUT2D eigenvalue weighted by Gasteiger charge is 2.25. The summed E-state index contributed by atoms with van der Waals surface area (Å²) in [6, 6.07) is 12.3. The lowest BCUT2D eigenvalue weighted by Crippen LogP contribution is -2.34. The third-order valence-corrected chi connectivity index (χ3v) is 5.32. The van der Waals surface area contributed by atoms with Gasteiger partial charge in [-0.05, 0) is 23.3 Å². The van der Waals surface area contributed by atoms with Crippen molar-refractivity contribution in [3.63, 3.8) is 0 Å². The minimum atomic E-state index is -0.552. The average molecular weight is 422 g/mol. The molecule has 1 atom stereocenters. The first-order chi connectivity index (χ1) is 15.2. The summed E-state index contributed by atoms with van der Waals surface area (Å²) in [4.78, 5) is 17.9. The molecule has 31 heavy (non-hydrogen) atoms. The Hall–Kier alpha value is -3.66. The van der Waals surface area contributed by atoms with Crippen LogP contribution >= 0.6 is 0 Å². The van der Waals surface area contributed by atoms with Gasteiger partial charge in [-0.25, -0.2) is 9.78 Å². The van der Waals surface area contributed by atoms with Gasteiger partial charge in [-0.3, -0.25) is 9.47 Å². The highest BCUT2D eigenvalue weighted by molar-refractivity contribution is 5.68. The molecule has 0 saturated heterocycles. The molecular weight excluding hydrogens is 400 g/mol. The summed E-state index contributed by atoms with van der Waals surface area (Å²) in [7, 11) is 1.51. The number of rotatable bonds is 4. The summed E-state index contributed by atoms with van der Waals surface area (Å²) in [5, 5.41) is 10.6. The van der Waals surface area contributed by atoms with E-state index in [1.807, 2.05) is 16.7 Å². The molecular formula is C21H22N6O4. The van der Waals surface area contributed by atoms with E-state index in [2.05, 4.69) is 49.7 Å². The van der Waals surface area contributed by atoms with Crippen LogP contribution in [0, 0.1) is 0 Å². The molecule has 2 aliphatic heterocycles. The van der Waals surface area contributed by atoms with E-state index in [1.54, 1.807) is 6.20 Å². The van der Waals surface area contributed by atoms with E-state index in [9.17, 15) is 4.79 Å². The predicted octanol–water partition coefficient (Wildman–Crippen LogP) is 1.92. The van der Waals surface area contributed by atoms with Crippen molar-refractivity contribution >= 4 is 6.09 Å². The van der Waals surface area contributed by atoms with E-state index in [4.69, 9.17) is 14.2 Å². The van der Waals surface area contributed by atoms with Gasteiger partial charge in [-0.1, -0.05) is 29.4 Å². The Bertz CT molecular complexity index is 1080. The number of ether oxygens (including phenoxy) is 3. The number of hydrogen-bond donors (Lipinski definition) is 1. The normalized spacial score (nSPS) is 17.6. The first-order valence-electron chi connectivity index (χ1n) is 10.1.